The predicted octanol–water partition coefficient (Wildman–Crippen LogP) is 3.29. The van der Waals surface area contributed by atoms with Crippen LogP contribution in [0.15, 0.2) is 30.3 Å². The fourth-order valence-corrected chi connectivity index (χ4v) is 4.63. The van der Waals surface area contributed by atoms with Gasteiger partial charge in [-0.2, -0.15) is 4.98 Å². The number of hydrogen-bond acceptors (Lipinski definition) is 7. The highest BCUT2D eigenvalue weighted by molar-refractivity contribution is 7.20. The summed E-state index contributed by atoms with van der Waals surface area (Å²) in [5.74, 6) is 0.309. The van der Waals surface area contributed by atoms with Gasteiger partial charge in [0.15, 0.2) is 0 Å². The topological polar surface area (TPSA) is 75.6 Å². The molecular weight excluding hydrogens is 412 g/mol. The Balaban J connectivity index is 1.62. The maximum Gasteiger partial charge on any atom is 0.349 e. The Bertz CT molecular complexity index is 1050. The van der Waals surface area contributed by atoms with E-state index in [1.54, 1.807) is 4.90 Å². The summed E-state index contributed by atoms with van der Waals surface area (Å²) in [4.78, 5) is 37.4. The van der Waals surface area contributed by atoms with Crippen LogP contribution in [-0.2, 0) is 16.1 Å². The van der Waals surface area contributed by atoms with E-state index in [0.29, 0.717) is 41.7 Å². The molecule has 0 N–H and O–H groups in total. The molecule has 1 aliphatic heterocycles. The van der Waals surface area contributed by atoms with Gasteiger partial charge in [0, 0.05) is 26.2 Å². The highest BCUT2D eigenvalue weighted by atomic mass is 35.5. The zero-order valence-electron chi connectivity index (χ0n) is 15.8. The monoisotopic (exact) mass is 430 g/mol. The van der Waals surface area contributed by atoms with Gasteiger partial charge in [-0.25, -0.2) is 9.78 Å². The molecule has 0 unspecified atom stereocenters. The second-order valence-corrected chi connectivity index (χ2v) is 8.08. The zero-order chi connectivity index (χ0) is 20.4. The lowest BCUT2D eigenvalue weighted by Crippen LogP contribution is -2.46. The van der Waals surface area contributed by atoms with Crippen molar-refractivity contribution in [2.45, 2.75) is 13.5 Å². The first-order valence-corrected chi connectivity index (χ1v) is 10.4. The number of hydrogen-bond donors (Lipinski definition) is 0. The van der Waals surface area contributed by atoms with E-state index in [1.807, 2.05) is 37.3 Å². The Morgan fingerprint density at radius 3 is 2.62 bits per heavy atom. The minimum absolute atomic E-state index is 0.135. The highest BCUT2D eigenvalue weighted by Crippen LogP contribution is 2.37. The molecule has 29 heavy (non-hydrogen) atoms. The third-order valence-corrected chi connectivity index (χ3v) is 6.24. The van der Waals surface area contributed by atoms with E-state index < -0.39 is 0 Å². The molecule has 1 saturated heterocycles. The minimum Gasteiger partial charge on any atom is -0.457 e. The smallest absolute Gasteiger partial charge is 0.349 e. The molecule has 1 amide bonds. The van der Waals surface area contributed by atoms with Gasteiger partial charge in [0.2, 0.25) is 11.7 Å². The molecule has 0 bridgehead atoms. The lowest BCUT2D eigenvalue weighted by atomic mass is 10.2. The molecular formula is C20H19ClN4O3S. The normalized spacial score (nSPS) is 14.3. The number of fused-ring (bicyclic) bond motifs is 1. The number of anilines is 1. The number of benzene rings is 1. The Morgan fingerprint density at radius 1 is 1.21 bits per heavy atom. The van der Waals surface area contributed by atoms with Crippen LogP contribution in [0.2, 0.25) is 5.28 Å². The van der Waals surface area contributed by atoms with E-state index in [4.69, 9.17) is 16.3 Å². The molecule has 7 nitrogen and oxygen atoms in total. The van der Waals surface area contributed by atoms with Gasteiger partial charge in [-0.05, 0) is 29.7 Å². The molecule has 0 saturated carbocycles. The molecule has 3 aromatic rings. The molecule has 0 atom stereocenters. The first-order valence-electron chi connectivity index (χ1n) is 9.19. The van der Waals surface area contributed by atoms with Crippen LogP contribution in [0.25, 0.3) is 10.2 Å². The lowest BCUT2D eigenvalue weighted by molar-refractivity contribution is -0.118. The average molecular weight is 431 g/mol. The molecule has 150 valence electrons. The number of halogens is 1. The van der Waals surface area contributed by atoms with Crippen LogP contribution in [-0.4, -0.2) is 53.4 Å². The van der Waals surface area contributed by atoms with E-state index in [0.717, 1.165) is 22.9 Å². The number of esters is 1. The first kappa shape index (κ1) is 19.6. The van der Waals surface area contributed by atoms with E-state index in [2.05, 4.69) is 14.9 Å². The zero-order valence-corrected chi connectivity index (χ0v) is 17.4. The summed E-state index contributed by atoms with van der Waals surface area (Å²) in [5.41, 5.74) is 1.71. The summed E-state index contributed by atoms with van der Waals surface area (Å²) in [6, 6.07) is 9.55. The van der Waals surface area contributed by atoms with Crippen molar-refractivity contribution in [3.63, 3.8) is 0 Å². The van der Waals surface area contributed by atoms with Gasteiger partial charge in [0.1, 0.15) is 22.1 Å². The summed E-state index contributed by atoms with van der Waals surface area (Å²) in [5, 5.41) is 0.946. The third kappa shape index (κ3) is 4.04. The number of carbonyl (C=O) groups excluding carboxylic acids is 2. The standard InChI is InChI=1S/C20H19ClN4O3S/c1-13-15-17(25-9-7-24(12-26)8-10-25)22-20(21)23-18(15)29-16(13)19(27)28-11-14-5-3-2-4-6-14/h2-6,12H,7-11H2,1H3. The molecule has 1 aliphatic rings. The van der Waals surface area contributed by atoms with Gasteiger partial charge in [0.05, 0.1) is 5.39 Å². The lowest BCUT2D eigenvalue weighted by Gasteiger charge is -2.33. The fourth-order valence-electron chi connectivity index (χ4n) is 3.34. The summed E-state index contributed by atoms with van der Waals surface area (Å²) in [6.07, 6.45) is 0.858. The quantitative estimate of drug-likeness (QED) is 0.351. The number of aryl methyl sites for hydroxylation is 1. The first-order chi connectivity index (χ1) is 14.1. The number of aromatic nitrogens is 2. The van der Waals surface area contributed by atoms with Crippen LogP contribution in [0, 0.1) is 6.92 Å². The van der Waals surface area contributed by atoms with Crippen molar-refractivity contribution in [2.24, 2.45) is 0 Å². The molecule has 4 rings (SSSR count). The number of nitrogens with zero attached hydrogens (tertiary/aromatic N) is 4. The number of thiophene rings is 1. The summed E-state index contributed by atoms with van der Waals surface area (Å²) >= 11 is 7.42. The van der Waals surface area contributed by atoms with Crippen molar-refractivity contribution in [2.75, 3.05) is 31.1 Å². The Hall–Kier alpha value is -2.71. The Labute approximate surface area is 176 Å². The molecule has 1 fully saturated rings. The number of carbonyl (C=O) groups is 2. The van der Waals surface area contributed by atoms with Crippen molar-refractivity contribution >= 4 is 51.4 Å². The van der Waals surface area contributed by atoms with Crippen molar-refractivity contribution in [1.29, 1.82) is 0 Å². The van der Waals surface area contributed by atoms with Crippen LogP contribution in [0.5, 0.6) is 0 Å². The third-order valence-electron chi connectivity index (χ3n) is 4.90. The summed E-state index contributed by atoms with van der Waals surface area (Å²) in [7, 11) is 0. The van der Waals surface area contributed by atoms with Gasteiger partial charge in [-0.15, -0.1) is 11.3 Å². The van der Waals surface area contributed by atoms with Crippen LogP contribution < -0.4 is 4.90 Å². The van der Waals surface area contributed by atoms with Gasteiger partial charge >= 0.3 is 5.97 Å². The number of rotatable bonds is 5. The van der Waals surface area contributed by atoms with Crippen molar-refractivity contribution < 1.29 is 14.3 Å². The van der Waals surface area contributed by atoms with Crippen LogP contribution >= 0.6 is 22.9 Å². The Kier molecular flexibility index (Phi) is 5.64. The summed E-state index contributed by atoms with van der Waals surface area (Å²) in [6.45, 7) is 4.60. The van der Waals surface area contributed by atoms with Gasteiger partial charge in [-0.1, -0.05) is 30.3 Å². The SMILES string of the molecule is Cc1c(C(=O)OCc2ccccc2)sc2nc(Cl)nc(N3CCN(C=O)CC3)c12. The number of piperazine rings is 1. The van der Waals surface area contributed by atoms with E-state index in [9.17, 15) is 9.59 Å². The van der Waals surface area contributed by atoms with Gasteiger partial charge in [-0.3, -0.25) is 4.79 Å². The van der Waals surface area contributed by atoms with Crippen molar-refractivity contribution in [3.8, 4) is 0 Å². The second kappa shape index (κ2) is 8.34. The van der Waals surface area contributed by atoms with Crippen molar-refractivity contribution in [3.05, 3.63) is 51.6 Å². The highest BCUT2D eigenvalue weighted by Gasteiger charge is 2.25. The minimum atomic E-state index is -0.387. The molecule has 0 spiro atoms. The maximum absolute atomic E-state index is 12.7. The average Bonchev–Trinajstić information content (AvgIpc) is 3.08. The second-order valence-electron chi connectivity index (χ2n) is 6.74. The maximum atomic E-state index is 12.7. The predicted molar refractivity (Wildman–Crippen MR) is 113 cm³/mol. The molecule has 2 aromatic heterocycles. The van der Waals surface area contributed by atoms with Gasteiger partial charge in [0.25, 0.3) is 0 Å². The van der Waals surface area contributed by atoms with Crippen LogP contribution in [0.1, 0.15) is 20.8 Å². The molecule has 0 aliphatic carbocycles. The largest absolute Gasteiger partial charge is 0.457 e. The molecule has 0 radical (unpaired) electrons. The van der Waals surface area contributed by atoms with E-state index in [1.165, 1.54) is 11.3 Å². The number of amides is 1. The fraction of sp³-hybridized carbons (Fsp3) is 0.300. The van der Waals surface area contributed by atoms with Gasteiger partial charge < -0.3 is 14.5 Å². The summed E-state index contributed by atoms with van der Waals surface area (Å²) < 4.78 is 5.50. The van der Waals surface area contributed by atoms with E-state index in [-0.39, 0.29) is 17.9 Å². The molecule has 1 aromatic carbocycles. The number of ether oxygens (including phenoxy) is 1. The van der Waals surface area contributed by atoms with Crippen molar-refractivity contribution in [1.82, 2.24) is 14.9 Å². The molecule has 3 heterocycles. The Morgan fingerprint density at radius 2 is 1.93 bits per heavy atom. The van der Waals surface area contributed by atoms with Crippen LogP contribution in [0.4, 0.5) is 5.82 Å². The van der Waals surface area contributed by atoms with Crippen LogP contribution in [0.3, 0.4) is 0 Å². The van der Waals surface area contributed by atoms with E-state index >= 15 is 0 Å². The molecule has 9 heteroatoms.